The molecule has 0 N–H and O–H groups in total. The lowest BCUT2D eigenvalue weighted by molar-refractivity contribution is -0.384. The lowest BCUT2D eigenvalue weighted by Crippen LogP contribution is -2.39. The van der Waals surface area contributed by atoms with Crippen molar-refractivity contribution >= 4 is 11.4 Å². The van der Waals surface area contributed by atoms with E-state index in [0.717, 1.165) is 11.3 Å². The first kappa shape index (κ1) is 16.6. The predicted octanol–water partition coefficient (Wildman–Crippen LogP) is 4.43. The van der Waals surface area contributed by atoms with E-state index in [2.05, 4.69) is 0 Å². The maximum absolute atomic E-state index is 13.3. The second kappa shape index (κ2) is 5.82. The van der Waals surface area contributed by atoms with Crippen LogP contribution in [0.4, 0.5) is 20.2 Å². The summed E-state index contributed by atoms with van der Waals surface area (Å²) in [6.45, 7) is 6.52. The van der Waals surface area contributed by atoms with Gasteiger partial charge in [-0.05, 0) is 23.5 Å². The smallest absolute Gasteiger partial charge is 0.269 e. The lowest BCUT2D eigenvalue weighted by atomic mass is 9.87. The van der Waals surface area contributed by atoms with Crippen LogP contribution in [0.3, 0.4) is 0 Å². The van der Waals surface area contributed by atoms with Crippen molar-refractivity contribution in [3.05, 3.63) is 40.3 Å². The molecule has 0 aromatic heterocycles. The topological polar surface area (TPSA) is 46.4 Å². The summed E-state index contributed by atoms with van der Waals surface area (Å²) in [4.78, 5) is 12.4. The van der Waals surface area contributed by atoms with Crippen LogP contribution in [0.1, 0.15) is 39.2 Å². The molecule has 121 valence electrons. The average Bonchev–Trinajstić information content (AvgIpc) is 2.37. The van der Waals surface area contributed by atoms with Crippen LogP contribution in [0.25, 0.3) is 0 Å². The molecule has 0 amide bonds. The highest BCUT2D eigenvalue weighted by Crippen LogP contribution is 2.36. The number of piperidine rings is 1. The van der Waals surface area contributed by atoms with Crippen LogP contribution in [0.2, 0.25) is 0 Å². The minimum Gasteiger partial charge on any atom is -0.371 e. The number of halogens is 2. The molecule has 0 atom stereocenters. The Morgan fingerprint density at radius 2 is 1.86 bits per heavy atom. The van der Waals surface area contributed by atoms with Crippen molar-refractivity contribution in [2.45, 2.75) is 39.5 Å². The number of hydrogen-bond acceptors (Lipinski definition) is 3. The number of nitro benzene ring substituents is 1. The van der Waals surface area contributed by atoms with Crippen LogP contribution in [0.15, 0.2) is 18.2 Å². The standard InChI is InChI=1S/C16H21F2N2O2/c1-15(2,3)11-12-10-13(20(21)22)4-5-14(12)19-8-6-16(17,18)7-9-19/h4-5,10-11H,6-9H2,1-3H3. The molecule has 0 unspecified atom stereocenters. The van der Waals surface area contributed by atoms with Gasteiger partial charge in [-0.2, -0.15) is 0 Å². The van der Waals surface area contributed by atoms with Gasteiger partial charge in [-0.3, -0.25) is 10.1 Å². The maximum Gasteiger partial charge on any atom is 0.269 e. The summed E-state index contributed by atoms with van der Waals surface area (Å²) in [6.07, 6.45) is 1.58. The molecule has 0 spiro atoms. The molecule has 4 nitrogen and oxygen atoms in total. The fourth-order valence-corrected chi connectivity index (χ4v) is 2.60. The van der Waals surface area contributed by atoms with Crippen molar-refractivity contribution in [3.63, 3.8) is 0 Å². The lowest BCUT2D eigenvalue weighted by Gasteiger charge is -2.35. The molecule has 6 heteroatoms. The van der Waals surface area contributed by atoms with Crippen LogP contribution in [-0.4, -0.2) is 23.9 Å². The molecule has 1 aromatic carbocycles. The van der Waals surface area contributed by atoms with E-state index in [-0.39, 0.29) is 37.0 Å². The monoisotopic (exact) mass is 311 g/mol. The number of non-ortho nitro benzene ring substituents is 1. The number of nitro groups is 1. The van der Waals surface area contributed by atoms with E-state index < -0.39 is 10.8 Å². The summed E-state index contributed by atoms with van der Waals surface area (Å²) in [7, 11) is 0. The van der Waals surface area contributed by atoms with Gasteiger partial charge >= 0.3 is 0 Å². The zero-order chi connectivity index (χ0) is 16.5. The Labute approximate surface area is 129 Å². The number of rotatable bonds is 3. The largest absolute Gasteiger partial charge is 0.371 e. The number of nitrogens with zero attached hydrogens (tertiary/aromatic N) is 2. The molecule has 1 fully saturated rings. The molecule has 0 bridgehead atoms. The van der Waals surface area contributed by atoms with Crippen LogP contribution < -0.4 is 4.90 Å². The molecule has 1 aromatic rings. The van der Waals surface area contributed by atoms with Gasteiger partial charge in [0.2, 0.25) is 0 Å². The first-order valence-electron chi connectivity index (χ1n) is 7.35. The molecule has 2 rings (SSSR count). The summed E-state index contributed by atoms with van der Waals surface area (Å²) < 4.78 is 26.6. The summed E-state index contributed by atoms with van der Waals surface area (Å²) in [5.41, 5.74) is 1.37. The highest BCUT2D eigenvalue weighted by atomic mass is 19.3. The van der Waals surface area contributed by atoms with E-state index in [1.54, 1.807) is 6.07 Å². The number of anilines is 1. The minimum absolute atomic E-state index is 0.0154. The third-order valence-electron chi connectivity index (χ3n) is 3.65. The van der Waals surface area contributed by atoms with Crippen molar-refractivity contribution < 1.29 is 13.7 Å². The van der Waals surface area contributed by atoms with Crippen molar-refractivity contribution in [3.8, 4) is 0 Å². The Morgan fingerprint density at radius 1 is 1.27 bits per heavy atom. The minimum atomic E-state index is -2.61. The van der Waals surface area contributed by atoms with E-state index in [0.29, 0.717) is 0 Å². The summed E-state index contributed by atoms with van der Waals surface area (Å²) in [6, 6.07) is 4.62. The van der Waals surface area contributed by atoms with E-state index in [9.17, 15) is 18.9 Å². The zero-order valence-electron chi connectivity index (χ0n) is 13.1. The molecule has 1 aliphatic heterocycles. The van der Waals surface area contributed by atoms with Gasteiger partial charge in [0.15, 0.2) is 0 Å². The third kappa shape index (κ3) is 4.15. The average molecular weight is 311 g/mol. The Balaban J connectivity index is 2.31. The molecule has 0 aliphatic carbocycles. The fraction of sp³-hybridized carbons (Fsp3) is 0.562. The van der Waals surface area contributed by atoms with E-state index >= 15 is 0 Å². The van der Waals surface area contributed by atoms with Gasteiger partial charge in [-0.25, -0.2) is 8.78 Å². The van der Waals surface area contributed by atoms with Crippen molar-refractivity contribution in [1.82, 2.24) is 0 Å². The second-order valence-electron chi connectivity index (χ2n) is 6.85. The second-order valence-corrected chi connectivity index (χ2v) is 6.85. The van der Waals surface area contributed by atoms with Gasteiger partial charge in [-0.1, -0.05) is 20.8 Å². The van der Waals surface area contributed by atoms with Crippen LogP contribution >= 0.6 is 0 Å². The van der Waals surface area contributed by atoms with Gasteiger partial charge in [0.1, 0.15) is 0 Å². The maximum atomic E-state index is 13.3. The molecule has 1 saturated heterocycles. The van der Waals surface area contributed by atoms with E-state index in [1.165, 1.54) is 12.1 Å². The Hall–Kier alpha value is -1.72. The van der Waals surface area contributed by atoms with Gasteiger partial charge in [0.05, 0.1) is 4.92 Å². The zero-order valence-corrected chi connectivity index (χ0v) is 13.1. The number of benzene rings is 1. The Morgan fingerprint density at radius 3 is 2.36 bits per heavy atom. The summed E-state index contributed by atoms with van der Waals surface area (Å²) >= 11 is 0. The molecule has 1 aliphatic rings. The first-order valence-corrected chi connectivity index (χ1v) is 7.35. The van der Waals surface area contributed by atoms with E-state index in [1.807, 2.05) is 32.1 Å². The van der Waals surface area contributed by atoms with Gasteiger partial charge in [0, 0.05) is 43.8 Å². The SMILES string of the molecule is CC(C)(C)[CH]c1cc([N+](=O)[O-])ccc1N1CCC(F)(F)CC1. The Bertz CT molecular complexity index is 558. The fourth-order valence-electron chi connectivity index (χ4n) is 2.60. The quantitative estimate of drug-likeness (QED) is 0.613. The Kier molecular flexibility index (Phi) is 4.40. The molecule has 0 saturated carbocycles. The van der Waals surface area contributed by atoms with Crippen molar-refractivity contribution in [1.29, 1.82) is 0 Å². The number of alkyl halides is 2. The highest BCUT2D eigenvalue weighted by Gasteiger charge is 2.35. The van der Waals surface area contributed by atoms with Gasteiger partial charge < -0.3 is 4.90 Å². The highest BCUT2D eigenvalue weighted by molar-refractivity contribution is 5.61. The van der Waals surface area contributed by atoms with Crippen molar-refractivity contribution in [2.75, 3.05) is 18.0 Å². The van der Waals surface area contributed by atoms with Crippen molar-refractivity contribution in [2.24, 2.45) is 5.41 Å². The first-order chi connectivity index (χ1) is 10.1. The molecular weight excluding hydrogens is 290 g/mol. The third-order valence-corrected chi connectivity index (χ3v) is 3.65. The van der Waals surface area contributed by atoms with Gasteiger partial charge in [0.25, 0.3) is 11.6 Å². The molecule has 1 heterocycles. The molecule has 1 radical (unpaired) electrons. The summed E-state index contributed by atoms with van der Waals surface area (Å²) in [5, 5.41) is 11.0. The van der Waals surface area contributed by atoms with Gasteiger partial charge in [-0.15, -0.1) is 0 Å². The van der Waals surface area contributed by atoms with Crippen LogP contribution in [-0.2, 0) is 0 Å². The van der Waals surface area contributed by atoms with Crippen LogP contribution in [0.5, 0.6) is 0 Å². The van der Waals surface area contributed by atoms with Crippen LogP contribution in [0, 0.1) is 22.0 Å². The van der Waals surface area contributed by atoms with E-state index in [4.69, 9.17) is 0 Å². The summed E-state index contributed by atoms with van der Waals surface area (Å²) in [5.74, 6) is -2.61. The molecule has 22 heavy (non-hydrogen) atoms. The predicted molar refractivity (Wildman–Crippen MR) is 82.3 cm³/mol. The number of hydrogen-bond donors (Lipinski definition) is 0. The normalized spacial score (nSPS) is 18.3. The molecular formula is C16H21F2N2O2.